The van der Waals surface area contributed by atoms with E-state index in [1.165, 1.54) is 29.4 Å². The molecule has 2 aliphatic rings. The van der Waals surface area contributed by atoms with Crippen molar-refractivity contribution in [3.63, 3.8) is 0 Å². The zero-order valence-electron chi connectivity index (χ0n) is 17.6. The number of halogens is 1. The van der Waals surface area contributed by atoms with Gasteiger partial charge in [0.25, 0.3) is 0 Å². The van der Waals surface area contributed by atoms with Crippen LogP contribution in [0.2, 0.25) is 0 Å². The number of rotatable bonds is 4. The summed E-state index contributed by atoms with van der Waals surface area (Å²) in [5, 5.41) is 0. The monoisotopic (exact) mass is 457 g/mol. The van der Waals surface area contributed by atoms with Gasteiger partial charge in [0.1, 0.15) is 10.7 Å². The molecule has 168 valence electrons. The Morgan fingerprint density at radius 2 is 1.66 bits per heavy atom. The number of carbonyl (C=O) groups is 2. The minimum atomic E-state index is -3.97. The van der Waals surface area contributed by atoms with E-state index in [0.717, 1.165) is 17.2 Å². The maximum atomic E-state index is 14.0. The van der Waals surface area contributed by atoms with Gasteiger partial charge in [0.15, 0.2) is 0 Å². The Morgan fingerprint density at radius 3 is 2.34 bits per heavy atom. The molecule has 2 aromatic rings. The lowest BCUT2D eigenvalue weighted by Gasteiger charge is -2.37. The maximum Gasteiger partial charge on any atom is 0.246 e. The summed E-state index contributed by atoms with van der Waals surface area (Å²) in [6.45, 7) is 2.04. The molecule has 0 N–H and O–H groups in total. The third-order valence-corrected chi connectivity index (χ3v) is 7.81. The predicted octanol–water partition coefficient (Wildman–Crippen LogP) is 2.62. The summed E-state index contributed by atoms with van der Waals surface area (Å²) in [5.41, 5.74) is 1.86. The zero-order chi connectivity index (χ0) is 22.9. The standard InChI is InChI=1S/C23H24FN3O4S/c1-17(28)27-11-10-18-6-2-3-7-19(18)21(27)16-23(29)25-12-14-26(15-13-25)32(30,31)22-9-5-4-8-20(22)24/h2-11,21H,12-16H2,1H3. The molecule has 1 fully saturated rings. The molecule has 0 spiro atoms. The molecule has 0 aliphatic carbocycles. The highest BCUT2D eigenvalue weighted by Gasteiger charge is 2.34. The van der Waals surface area contributed by atoms with E-state index in [1.54, 1.807) is 16.0 Å². The van der Waals surface area contributed by atoms with Gasteiger partial charge in [-0.2, -0.15) is 4.31 Å². The summed E-state index contributed by atoms with van der Waals surface area (Å²) in [7, 11) is -3.97. The van der Waals surface area contributed by atoms with Gasteiger partial charge in [0, 0.05) is 39.3 Å². The number of carbonyl (C=O) groups excluding carboxylic acids is 2. The third-order valence-electron chi connectivity index (χ3n) is 5.88. The lowest BCUT2D eigenvalue weighted by Crippen LogP contribution is -2.51. The quantitative estimate of drug-likeness (QED) is 0.707. The summed E-state index contributed by atoms with van der Waals surface area (Å²) < 4.78 is 40.8. The minimum absolute atomic E-state index is 0.0833. The summed E-state index contributed by atoms with van der Waals surface area (Å²) in [5.74, 6) is -1.11. The van der Waals surface area contributed by atoms with Gasteiger partial charge in [0.2, 0.25) is 21.8 Å². The molecule has 7 nitrogen and oxygen atoms in total. The van der Waals surface area contributed by atoms with Crippen molar-refractivity contribution < 1.29 is 22.4 Å². The van der Waals surface area contributed by atoms with Crippen molar-refractivity contribution in [3.05, 3.63) is 71.7 Å². The van der Waals surface area contributed by atoms with Crippen molar-refractivity contribution in [1.82, 2.24) is 14.1 Å². The van der Waals surface area contributed by atoms with Gasteiger partial charge in [-0.1, -0.05) is 36.4 Å². The topological polar surface area (TPSA) is 78.0 Å². The Balaban J connectivity index is 1.45. The molecule has 1 unspecified atom stereocenters. The number of sulfonamides is 1. The largest absolute Gasteiger partial charge is 0.340 e. The first kappa shape index (κ1) is 22.2. The third kappa shape index (κ3) is 4.18. The molecule has 0 aromatic heterocycles. The highest BCUT2D eigenvalue weighted by Crippen LogP contribution is 2.33. The molecule has 0 bridgehead atoms. The van der Waals surface area contributed by atoms with E-state index in [1.807, 2.05) is 30.3 Å². The number of fused-ring (bicyclic) bond motifs is 1. The Bertz CT molecular complexity index is 1170. The second-order valence-electron chi connectivity index (χ2n) is 7.81. The van der Waals surface area contributed by atoms with Gasteiger partial charge >= 0.3 is 0 Å². The first-order chi connectivity index (χ1) is 15.3. The van der Waals surface area contributed by atoms with Gasteiger partial charge in [-0.15, -0.1) is 0 Å². The van der Waals surface area contributed by atoms with Crippen LogP contribution in [-0.4, -0.2) is 60.5 Å². The average Bonchev–Trinajstić information content (AvgIpc) is 2.79. The van der Waals surface area contributed by atoms with Crippen LogP contribution in [0.4, 0.5) is 4.39 Å². The summed E-state index contributed by atoms with van der Waals surface area (Å²) in [6, 6.07) is 12.5. The fraction of sp³-hybridized carbons (Fsp3) is 0.304. The van der Waals surface area contributed by atoms with Crippen molar-refractivity contribution >= 4 is 27.9 Å². The molecule has 2 aliphatic heterocycles. The van der Waals surface area contributed by atoms with Crippen LogP contribution in [0.3, 0.4) is 0 Å². The molecule has 4 rings (SSSR count). The van der Waals surface area contributed by atoms with Gasteiger partial charge in [0.05, 0.1) is 12.5 Å². The Hall–Kier alpha value is -3.04. The molecule has 2 amide bonds. The molecular formula is C23H24FN3O4S. The smallest absolute Gasteiger partial charge is 0.246 e. The van der Waals surface area contributed by atoms with Crippen molar-refractivity contribution in [2.45, 2.75) is 24.3 Å². The number of hydrogen-bond acceptors (Lipinski definition) is 4. The molecular weight excluding hydrogens is 433 g/mol. The van der Waals surface area contributed by atoms with Gasteiger partial charge in [-0.3, -0.25) is 9.59 Å². The van der Waals surface area contributed by atoms with Crippen molar-refractivity contribution in [3.8, 4) is 0 Å². The lowest BCUT2D eigenvalue weighted by atomic mass is 9.93. The minimum Gasteiger partial charge on any atom is -0.340 e. The number of amides is 2. The first-order valence-corrected chi connectivity index (χ1v) is 11.8. The SMILES string of the molecule is CC(=O)N1C=Cc2ccccc2C1CC(=O)N1CCN(S(=O)(=O)c2ccccc2F)CC1. The van der Waals surface area contributed by atoms with Gasteiger partial charge in [-0.25, -0.2) is 12.8 Å². The molecule has 0 radical (unpaired) electrons. The van der Waals surface area contributed by atoms with E-state index in [2.05, 4.69) is 0 Å². The normalized spacial score (nSPS) is 19.0. The Morgan fingerprint density at radius 1 is 1.00 bits per heavy atom. The maximum absolute atomic E-state index is 14.0. The molecule has 2 aromatic carbocycles. The molecule has 1 saturated heterocycles. The fourth-order valence-electron chi connectivity index (χ4n) is 4.18. The van der Waals surface area contributed by atoms with Crippen molar-refractivity contribution in [2.24, 2.45) is 0 Å². The van der Waals surface area contributed by atoms with Crippen LogP contribution in [0.15, 0.2) is 59.6 Å². The van der Waals surface area contributed by atoms with Crippen LogP contribution >= 0.6 is 0 Å². The van der Waals surface area contributed by atoms with Crippen molar-refractivity contribution in [2.75, 3.05) is 26.2 Å². The van der Waals surface area contributed by atoms with Crippen LogP contribution in [0.5, 0.6) is 0 Å². The van der Waals surface area contributed by atoms with Crippen LogP contribution in [0.25, 0.3) is 6.08 Å². The highest BCUT2D eigenvalue weighted by atomic mass is 32.2. The second kappa shape index (κ2) is 8.84. The Labute approximate surface area is 186 Å². The average molecular weight is 458 g/mol. The van der Waals surface area contributed by atoms with Crippen LogP contribution in [0.1, 0.15) is 30.5 Å². The molecule has 2 heterocycles. The Kier molecular flexibility index (Phi) is 6.12. The zero-order valence-corrected chi connectivity index (χ0v) is 18.5. The first-order valence-electron chi connectivity index (χ1n) is 10.4. The molecule has 0 saturated carbocycles. The molecule has 32 heavy (non-hydrogen) atoms. The number of nitrogens with zero attached hydrogens (tertiary/aromatic N) is 3. The number of hydrogen-bond donors (Lipinski definition) is 0. The number of benzene rings is 2. The van der Waals surface area contributed by atoms with E-state index in [9.17, 15) is 22.4 Å². The van der Waals surface area contributed by atoms with Crippen LogP contribution < -0.4 is 0 Å². The van der Waals surface area contributed by atoms with E-state index in [0.29, 0.717) is 0 Å². The fourth-order valence-corrected chi connectivity index (χ4v) is 5.67. The van der Waals surface area contributed by atoms with E-state index in [-0.39, 0.29) is 49.3 Å². The van der Waals surface area contributed by atoms with E-state index < -0.39 is 21.9 Å². The van der Waals surface area contributed by atoms with Crippen molar-refractivity contribution in [1.29, 1.82) is 0 Å². The summed E-state index contributed by atoms with van der Waals surface area (Å²) >= 11 is 0. The van der Waals surface area contributed by atoms with Crippen LogP contribution in [0, 0.1) is 5.82 Å². The molecule has 1 atom stereocenters. The van der Waals surface area contributed by atoms with Gasteiger partial charge < -0.3 is 9.80 Å². The van der Waals surface area contributed by atoms with E-state index in [4.69, 9.17) is 0 Å². The second-order valence-corrected chi connectivity index (χ2v) is 9.71. The van der Waals surface area contributed by atoms with E-state index >= 15 is 0 Å². The predicted molar refractivity (Wildman–Crippen MR) is 117 cm³/mol. The lowest BCUT2D eigenvalue weighted by molar-refractivity contribution is -0.135. The summed E-state index contributed by atoms with van der Waals surface area (Å²) in [6.07, 6.45) is 3.65. The molecule has 9 heteroatoms. The number of piperazine rings is 1. The summed E-state index contributed by atoms with van der Waals surface area (Å²) in [4.78, 5) is 28.0. The highest BCUT2D eigenvalue weighted by molar-refractivity contribution is 7.89. The van der Waals surface area contributed by atoms with Crippen LogP contribution in [-0.2, 0) is 19.6 Å². The van der Waals surface area contributed by atoms with Gasteiger partial charge in [-0.05, 0) is 29.3 Å².